The van der Waals surface area contributed by atoms with Gasteiger partial charge in [-0.2, -0.15) is 0 Å². The van der Waals surface area contributed by atoms with Crippen LogP contribution in [-0.2, 0) is 16.0 Å². The molecule has 8 nitrogen and oxygen atoms in total. The molecule has 1 aliphatic rings. The van der Waals surface area contributed by atoms with E-state index in [2.05, 4.69) is 25.7 Å². The van der Waals surface area contributed by atoms with Gasteiger partial charge in [-0.25, -0.2) is 0 Å². The van der Waals surface area contributed by atoms with Gasteiger partial charge in [0.1, 0.15) is 16.9 Å². The highest BCUT2D eigenvalue weighted by atomic mass is 32.1. The Balaban J connectivity index is 1.28. The first-order chi connectivity index (χ1) is 12.3. The van der Waals surface area contributed by atoms with Gasteiger partial charge in [0.25, 0.3) is 0 Å². The lowest BCUT2D eigenvalue weighted by molar-refractivity contribution is -0.116. The Morgan fingerprint density at radius 2 is 2.28 bits per heavy atom. The van der Waals surface area contributed by atoms with E-state index in [-0.39, 0.29) is 12.0 Å². The van der Waals surface area contributed by atoms with Crippen molar-refractivity contribution in [3.63, 3.8) is 0 Å². The highest BCUT2D eigenvalue weighted by Crippen LogP contribution is 2.31. The highest BCUT2D eigenvalue weighted by Gasteiger charge is 2.22. The summed E-state index contributed by atoms with van der Waals surface area (Å²) in [6, 6.07) is 5.77. The summed E-state index contributed by atoms with van der Waals surface area (Å²) >= 11 is 1.39. The largest absolute Gasteiger partial charge is 0.371 e. The van der Waals surface area contributed by atoms with Crippen molar-refractivity contribution in [1.29, 1.82) is 0 Å². The molecule has 130 valence electrons. The zero-order valence-electron chi connectivity index (χ0n) is 13.6. The third-order valence-corrected chi connectivity index (χ3v) is 5.01. The minimum absolute atomic E-state index is 0.0318. The van der Waals surface area contributed by atoms with E-state index in [4.69, 9.17) is 4.74 Å². The molecule has 4 rings (SSSR count). The lowest BCUT2D eigenvalue weighted by Crippen LogP contribution is -2.11. The number of nitrogens with zero attached hydrogens (tertiary/aromatic N) is 5. The SMILES string of the molecule is O=C(CCCc1nnc2ccccn12)Nc1nnc(C2CCCO2)s1. The molecule has 3 aromatic rings. The van der Waals surface area contributed by atoms with Crippen LogP contribution in [0.4, 0.5) is 5.13 Å². The van der Waals surface area contributed by atoms with Crippen LogP contribution >= 0.6 is 11.3 Å². The number of hydrogen-bond donors (Lipinski definition) is 1. The van der Waals surface area contributed by atoms with Crippen LogP contribution in [0.15, 0.2) is 24.4 Å². The molecule has 0 spiro atoms. The molecule has 0 saturated carbocycles. The zero-order chi connectivity index (χ0) is 17.1. The zero-order valence-corrected chi connectivity index (χ0v) is 14.4. The minimum Gasteiger partial charge on any atom is -0.371 e. The van der Waals surface area contributed by atoms with E-state index < -0.39 is 0 Å². The molecular formula is C16H18N6O2S. The summed E-state index contributed by atoms with van der Waals surface area (Å²) in [6.45, 7) is 0.767. The van der Waals surface area contributed by atoms with Gasteiger partial charge >= 0.3 is 0 Å². The van der Waals surface area contributed by atoms with Crippen LogP contribution < -0.4 is 5.32 Å². The number of pyridine rings is 1. The van der Waals surface area contributed by atoms with E-state index in [1.54, 1.807) is 0 Å². The lowest BCUT2D eigenvalue weighted by atomic mass is 10.2. The van der Waals surface area contributed by atoms with Gasteiger partial charge in [0.15, 0.2) is 5.65 Å². The molecule has 1 fully saturated rings. The van der Waals surface area contributed by atoms with Gasteiger partial charge in [0, 0.05) is 25.6 Å². The molecule has 0 aliphatic carbocycles. The van der Waals surface area contributed by atoms with Crippen molar-refractivity contribution in [2.45, 2.75) is 38.2 Å². The minimum atomic E-state index is -0.0659. The maximum absolute atomic E-state index is 12.1. The Hall–Kier alpha value is -2.39. The molecule has 1 aliphatic heterocycles. The van der Waals surface area contributed by atoms with Crippen LogP contribution in [0.5, 0.6) is 0 Å². The summed E-state index contributed by atoms with van der Waals surface area (Å²) in [5, 5.41) is 20.6. The van der Waals surface area contributed by atoms with Gasteiger partial charge in [-0.05, 0) is 31.4 Å². The van der Waals surface area contributed by atoms with E-state index in [9.17, 15) is 4.79 Å². The quantitative estimate of drug-likeness (QED) is 0.727. The van der Waals surface area contributed by atoms with Gasteiger partial charge < -0.3 is 10.1 Å². The first-order valence-electron chi connectivity index (χ1n) is 8.33. The molecule has 0 aromatic carbocycles. The van der Waals surface area contributed by atoms with Gasteiger partial charge in [0.05, 0.1) is 0 Å². The average molecular weight is 358 g/mol. The van der Waals surface area contributed by atoms with Crippen molar-refractivity contribution in [2.24, 2.45) is 0 Å². The molecule has 3 aromatic heterocycles. The maximum atomic E-state index is 12.1. The van der Waals surface area contributed by atoms with E-state index in [0.29, 0.717) is 24.4 Å². The Bertz CT molecular complexity index is 870. The summed E-state index contributed by atoms with van der Waals surface area (Å²) < 4.78 is 7.52. The number of anilines is 1. The standard InChI is InChI=1S/C16H18N6O2S/c23-14(17-16-21-20-15(25-16)11-5-4-10-24-11)8-3-7-13-19-18-12-6-1-2-9-22(12)13/h1-2,6,9,11H,3-5,7-8,10H2,(H,17,21,23). The number of aryl methyl sites for hydroxylation is 1. The number of carbonyl (C=O) groups is 1. The van der Waals surface area contributed by atoms with Gasteiger partial charge in [-0.3, -0.25) is 9.20 Å². The van der Waals surface area contributed by atoms with Crippen molar-refractivity contribution >= 4 is 28.0 Å². The molecule has 1 atom stereocenters. The van der Waals surface area contributed by atoms with Crippen LogP contribution in [-0.4, -0.2) is 37.3 Å². The summed E-state index contributed by atoms with van der Waals surface area (Å²) in [6.07, 6.45) is 5.76. The number of ether oxygens (including phenoxy) is 1. The van der Waals surface area contributed by atoms with E-state index in [1.807, 2.05) is 28.8 Å². The average Bonchev–Trinajstić information content (AvgIpc) is 3.35. The summed E-state index contributed by atoms with van der Waals surface area (Å²) in [7, 11) is 0. The number of carbonyl (C=O) groups excluding carboxylic acids is 1. The molecule has 1 amide bonds. The monoisotopic (exact) mass is 358 g/mol. The second-order valence-corrected chi connectivity index (χ2v) is 6.90. The van der Waals surface area contributed by atoms with Crippen LogP contribution in [0.25, 0.3) is 5.65 Å². The van der Waals surface area contributed by atoms with Crippen LogP contribution in [0, 0.1) is 0 Å². The fourth-order valence-corrected chi connectivity index (χ4v) is 3.68. The molecule has 9 heteroatoms. The first kappa shape index (κ1) is 16.1. The van der Waals surface area contributed by atoms with E-state index >= 15 is 0 Å². The van der Waals surface area contributed by atoms with E-state index in [1.165, 1.54) is 11.3 Å². The third kappa shape index (κ3) is 3.67. The number of nitrogens with one attached hydrogen (secondary N) is 1. The molecule has 1 saturated heterocycles. The van der Waals surface area contributed by atoms with E-state index in [0.717, 1.165) is 35.9 Å². The van der Waals surface area contributed by atoms with Crippen molar-refractivity contribution in [2.75, 3.05) is 11.9 Å². The van der Waals surface area contributed by atoms with Crippen molar-refractivity contribution in [3.05, 3.63) is 35.2 Å². The summed E-state index contributed by atoms with van der Waals surface area (Å²) in [5.41, 5.74) is 0.817. The number of rotatable bonds is 6. The molecule has 4 heterocycles. The fourth-order valence-electron chi connectivity index (χ4n) is 2.84. The normalized spacial score (nSPS) is 17.2. The molecule has 0 bridgehead atoms. The lowest BCUT2D eigenvalue weighted by Gasteiger charge is -2.02. The Labute approximate surface area is 148 Å². The smallest absolute Gasteiger partial charge is 0.226 e. The van der Waals surface area contributed by atoms with Gasteiger partial charge in [-0.1, -0.05) is 17.4 Å². The third-order valence-electron chi connectivity index (χ3n) is 4.08. The highest BCUT2D eigenvalue weighted by molar-refractivity contribution is 7.15. The van der Waals surface area contributed by atoms with Gasteiger partial charge in [-0.15, -0.1) is 20.4 Å². The van der Waals surface area contributed by atoms with Crippen LogP contribution in [0.2, 0.25) is 0 Å². The molecule has 1 N–H and O–H groups in total. The fraction of sp³-hybridized carbons (Fsp3) is 0.438. The molecule has 0 radical (unpaired) electrons. The topological polar surface area (TPSA) is 94.3 Å². The number of hydrogen-bond acceptors (Lipinski definition) is 7. The van der Waals surface area contributed by atoms with Crippen LogP contribution in [0.1, 0.15) is 42.6 Å². The summed E-state index contributed by atoms with van der Waals surface area (Å²) in [4.78, 5) is 12.1. The number of fused-ring (bicyclic) bond motifs is 1. The predicted molar refractivity (Wildman–Crippen MR) is 92.4 cm³/mol. The maximum Gasteiger partial charge on any atom is 0.226 e. The summed E-state index contributed by atoms with van der Waals surface area (Å²) in [5.74, 6) is 0.795. The molecule has 25 heavy (non-hydrogen) atoms. The second-order valence-electron chi connectivity index (χ2n) is 5.89. The van der Waals surface area contributed by atoms with Crippen molar-refractivity contribution in [1.82, 2.24) is 24.8 Å². The molecular weight excluding hydrogens is 340 g/mol. The second kappa shape index (κ2) is 7.24. The Morgan fingerprint density at radius 3 is 3.16 bits per heavy atom. The van der Waals surface area contributed by atoms with Crippen LogP contribution in [0.3, 0.4) is 0 Å². The number of aromatic nitrogens is 5. The van der Waals surface area contributed by atoms with Crippen molar-refractivity contribution < 1.29 is 9.53 Å². The molecule has 1 unspecified atom stereocenters. The number of amides is 1. The first-order valence-corrected chi connectivity index (χ1v) is 9.15. The Morgan fingerprint density at radius 1 is 1.32 bits per heavy atom. The Kier molecular flexibility index (Phi) is 4.66. The predicted octanol–water partition coefficient (Wildman–Crippen LogP) is 2.39. The van der Waals surface area contributed by atoms with Gasteiger partial charge in [0.2, 0.25) is 11.0 Å². The van der Waals surface area contributed by atoms with Crippen molar-refractivity contribution in [3.8, 4) is 0 Å².